The second-order valence-electron chi connectivity index (χ2n) is 4.65. The smallest absolute Gasteiger partial charge is 0.0724 e. The first-order valence-electron chi connectivity index (χ1n) is 6.99. The molecule has 0 aliphatic rings. The molecule has 98 valence electrons. The number of likely N-dealkylation sites (N-methyl/N-ethyl adjacent to an activating group) is 1. The maximum absolute atomic E-state index is 5.63. The number of nitrogens with one attached hydrogen (secondary N) is 1. The fourth-order valence-electron chi connectivity index (χ4n) is 2.38. The molecule has 0 aliphatic heterocycles. The van der Waals surface area contributed by atoms with Crippen LogP contribution in [0, 0.1) is 5.92 Å². The first-order valence-corrected chi connectivity index (χ1v) is 6.99. The third kappa shape index (κ3) is 5.86. The Hall–Kier alpha value is -0.0800. The second-order valence-corrected chi connectivity index (χ2v) is 4.65. The number of rotatable bonds is 10. The Morgan fingerprint density at radius 2 is 1.69 bits per heavy atom. The van der Waals surface area contributed by atoms with Crippen LogP contribution in [-0.2, 0) is 4.74 Å². The highest BCUT2D eigenvalue weighted by molar-refractivity contribution is 4.79. The van der Waals surface area contributed by atoms with E-state index >= 15 is 0 Å². The molecule has 0 radical (unpaired) electrons. The minimum absolute atomic E-state index is 0.380. The van der Waals surface area contributed by atoms with Crippen molar-refractivity contribution in [2.75, 3.05) is 13.7 Å². The van der Waals surface area contributed by atoms with Crippen molar-refractivity contribution < 1.29 is 4.74 Å². The summed E-state index contributed by atoms with van der Waals surface area (Å²) in [5.41, 5.74) is 0. The van der Waals surface area contributed by atoms with E-state index in [9.17, 15) is 0 Å². The lowest BCUT2D eigenvalue weighted by atomic mass is 9.90. The van der Waals surface area contributed by atoms with Gasteiger partial charge < -0.3 is 10.1 Å². The van der Waals surface area contributed by atoms with Gasteiger partial charge >= 0.3 is 0 Å². The van der Waals surface area contributed by atoms with E-state index in [0.29, 0.717) is 12.1 Å². The molecule has 0 aromatic carbocycles. The summed E-state index contributed by atoms with van der Waals surface area (Å²) in [6, 6.07) is 0.528. The predicted molar refractivity (Wildman–Crippen MR) is 71.9 cm³/mol. The quantitative estimate of drug-likeness (QED) is 0.618. The number of ether oxygens (including phenoxy) is 1. The SMILES string of the molecule is CCCC(OC)C(CC(CC)CC)NCC. The van der Waals surface area contributed by atoms with Crippen molar-refractivity contribution in [3.8, 4) is 0 Å². The Morgan fingerprint density at radius 1 is 1.06 bits per heavy atom. The van der Waals surface area contributed by atoms with Crippen molar-refractivity contribution in [1.82, 2.24) is 5.32 Å². The van der Waals surface area contributed by atoms with Crippen molar-refractivity contribution in [3.63, 3.8) is 0 Å². The van der Waals surface area contributed by atoms with Crippen molar-refractivity contribution in [2.45, 2.75) is 71.9 Å². The summed E-state index contributed by atoms with van der Waals surface area (Å²) in [5, 5.41) is 3.59. The molecule has 0 aromatic rings. The van der Waals surface area contributed by atoms with E-state index in [-0.39, 0.29) is 0 Å². The first kappa shape index (κ1) is 15.9. The molecular formula is C14H31NO. The summed E-state index contributed by atoms with van der Waals surface area (Å²) in [6.45, 7) is 10.0. The molecule has 1 N–H and O–H groups in total. The Bertz CT molecular complexity index is 146. The van der Waals surface area contributed by atoms with Crippen molar-refractivity contribution in [3.05, 3.63) is 0 Å². The minimum atomic E-state index is 0.380. The lowest BCUT2D eigenvalue weighted by molar-refractivity contribution is 0.0525. The minimum Gasteiger partial charge on any atom is -0.380 e. The van der Waals surface area contributed by atoms with Crippen LogP contribution in [0.2, 0.25) is 0 Å². The molecule has 0 spiro atoms. The third-order valence-corrected chi connectivity index (χ3v) is 3.53. The summed E-state index contributed by atoms with van der Waals surface area (Å²) in [6.07, 6.45) is 6.55. The van der Waals surface area contributed by atoms with Crippen LogP contribution in [0.4, 0.5) is 0 Å². The highest BCUT2D eigenvalue weighted by Crippen LogP contribution is 2.19. The van der Waals surface area contributed by atoms with Crippen LogP contribution in [0.3, 0.4) is 0 Å². The maximum Gasteiger partial charge on any atom is 0.0724 e. The summed E-state index contributed by atoms with van der Waals surface area (Å²) in [7, 11) is 1.84. The van der Waals surface area contributed by atoms with Gasteiger partial charge in [0.1, 0.15) is 0 Å². The van der Waals surface area contributed by atoms with Gasteiger partial charge in [-0.1, -0.05) is 47.0 Å². The normalized spacial score (nSPS) is 15.4. The highest BCUT2D eigenvalue weighted by Gasteiger charge is 2.22. The third-order valence-electron chi connectivity index (χ3n) is 3.53. The summed E-state index contributed by atoms with van der Waals surface area (Å²) >= 11 is 0. The Labute approximate surface area is 102 Å². The fraction of sp³-hybridized carbons (Fsp3) is 1.00. The Kier molecular flexibility index (Phi) is 10.0. The molecule has 0 bridgehead atoms. The zero-order valence-electron chi connectivity index (χ0n) is 11.9. The molecular weight excluding hydrogens is 198 g/mol. The van der Waals surface area contributed by atoms with Gasteiger partial charge in [0.15, 0.2) is 0 Å². The van der Waals surface area contributed by atoms with Crippen LogP contribution in [0.5, 0.6) is 0 Å². The molecule has 2 heteroatoms. The standard InChI is InChI=1S/C14H31NO/c1-6-10-14(16-5)13(15-9-4)11-12(7-2)8-3/h12-15H,6-11H2,1-5H3. The summed E-state index contributed by atoms with van der Waals surface area (Å²) < 4.78 is 5.63. The molecule has 0 aliphatic carbocycles. The van der Waals surface area contributed by atoms with E-state index < -0.39 is 0 Å². The second kappa shape index (κ2) is 10.1. The van der Waals surface area contributed by atoms with Crippen LogP contribution in [0.25, 0.3) is 0 Å². The predicted octanol–water partition coefficient (Wildman–Crippen LogP) is 3.61. The average Bonchev–Trinajstić information content (AvgIpc) is 2.31. The van der Waals surface area contributed by atoms with Gasteiger partial charge in [0.05, 0.1) is 6.10 Å². The van der Waals surface area contributed by atoms with Gasteiger partial charge in [-0.05, 0) is 25.3 Å². The van der Waals surface area contributed by atoms with Gasteiger partial charge in [0, 0.05) is 13.2 Å². The molecule has 0 saturated heterocycles. The van der Waals surface area contributed by atoms with Crippen LogP contribution < -0.4 is 5.32 Å². The lowest BCUT2D eigenvalue weighted by Crippen LogP contribution is -2.42. The zero-order chi connectivity index (χ0) is 12.4. The molecule has 0 aromatic heterocycles. The molecule has 0 amide bonds. The van der Waals surface area contributed by atoms with Crippen LogP contribution >= 0.6 is 0 Å². The topological polar surface area (TPSA) is 21.3 Å². The van der Waals surface area contributed by atoms with Crippen LogP contribution in [0.15, 0.2) is 0 Å². The van der Waals surface area contributed by atoms with Gasteiger partial charge in [-0.25, -0.2) is 0 Å². The maximum atomic E-state index is 5.63. The van der Waals surface area contributed by atoms with Crippen molar-refractivity contribution in [2.24, 2.45) is 5.92 Å². The van der Waals surface area contributed by atoms with Gasteiger partial charge in [-0.2, -0.15) is 0 Å². The lowest BCUT2D eigenvalue weighted by Gasteiger charge is -2.29. The van der Waals surface area contributed by atoms with E-state index in [0.717, 1.165) is 18.9 Å². The van der Waals surface area contributed by atoms with E-state index in [1.54, 1.807) is 0 Å². The van der Waals surface area contributed by atoms with Crippen LogP contribution in [-0.4, -0.2) is 25.8 Å². The Balaban J connectivity index is 4.31. The van der Waals surface area contributed by atoms with Gasteiger partial charge in [-0.3, -0.25) is 0 Å². The van der Waals surface area contributed by atoms with Gasteiger partial charge in [-0.15, -0.1) is 0 Å². The van der Waals surface area contributed by atoms with E-state index in [1.807, 2.05) is 7.11 Å². The summed E-state index contributed by atoms with van der Waals surface area (Å²) in [5.74, 6) is 0.832. The number of hydrogen-bond acceptors (Lipinski definition) is 2. The van der Waals surface area contributed by atoms with Gasteiger partial charge in [0.25, 0.3) is 0 Å². The van der Waals surface area contributed by atoms with Crippen LogP contribution in [0.1, 0.15) is 59.8 Å². The van der Waals surface area contributed by atoms with Gasteiger partial charge in [0.2, 0.25) is 0 Å². The fourth-order valence-corrected chi connectivity index (χ4v) is 2.38. The zero-order valence-corrected chi connectivity index (χ0v) is 11.9. The molecule has 0 heterocycles. The monoisotopic (exact) mass is 229 g/mol. The van der Waals surface area contributed by atoms with E-state index in [1.165, 1.54) is 25.7 Å². The van der Waals surface area contributed by atoms with Crippen molar-refractivity contribution >= 4 is 0 Å². The average molecular weight is 229 g/mol. The molecule has 2 nitrogen and oxygen atoms in total. The molecule has 16 heavy (non-hydrogen) atoms. The largest absolute Gasteiger partial charge is 0.380 e. The number of methoxy groups -OCH3 is 1. The van der Waals surface area contributed by atoms with E-state index in [4.69, 9.17) is 4.74 Å². The van der Waals surface area contributed by atoms with E-state index in [2.05, 4.69) is 33.0 Å². The molecule has 2 unspecified atom stereocenters. The molecule has 2 atom stereocenters. The van der Waals surface area contributed by atoms with Crippen molar-refractivity contribution in [1.29, 1.82) is 0 Å². The molecule has 0 saturated carbocycles. The molecule has 0 fully saturated rings. The molecule has 0 rings (SSSR count). The number of hydrogen-bond donors (Lipinski definition) is 1. The Morgan fingerprint density at radius 3 is 2.06 bits per heavy atom. The first-order chi connectivity index (χ1) is 7.73. The highest BCUT2D eigenvalue weighted by atomic mass is 16.5. The summed E-state index contributed by atoms with van der Waals surface area (Å²) in [4.78, 5) is 0.